The average Bonchev–Trinajstić information content (AvgIpc) is 3.44. The normalized spacial score (nSPS) is 25.9. The van der Waals surface area contributed by atoms with Crippen molar-refractivity contribution in [3.8, 4) is 11.3 Å². The minimum absolute atomic E-state index is 0.0374. The summed E-state index contributed by atoms with van der Waals surface area (Å²) in [5, 5.41) is 34.3. The van der Waals surface area contributed by atoms with Gasteiger partial charge in [-0.15, -0.1) is 0 Å². The Balaban J connectivity index is 1.64. The molecular formula is C24H27F4N5O5. The Morgan fingerprint density at radius 2 is 1.84 bits per heavy atom. The predicted molar refractivity (Wildman–Crippen MR) is 125 cm³/mol. The lowest BCUT2D eigenvalue weighted by Gasteiger charge is -2.36. The third-order valence-electron chi connectivity index (χ3n) is 6.61. The Labute approximate surface area is 214 Å². The molecule has 2 aliphatic rings. The number of imidazole rings is 1. The van der Waals surface area contributed by atoms with Crippen molar-refractivity contribution in [1.82, 2.24) is 19.5 Å². The number of hydrogen-bond donors (Lipinski definition) is 4. The molecule has 206 valence electrons. The van der Waals surface area contributed by atoms with E-state index in [4.69, 9.17) is 9.47 Å². The van der Waals surface area contributed by atoms with Crippen LogP contribution in [0.1, 0.15) is 45.1 Å². The Hall–Kier alpha value is -2.91. The van der Waals surface area contributed by atoms with Crippen molar-refractivity contribution >= 4 is 17.0 Å². The largest absolute Gasteiger partial charge is 0.419 e. The van der Waals surface area contributed by atoms with Gasteiger partial charge in [-0.2, -0.15) is 13.2 Å². The molecule has 0 radical (unpaired) electrons. The van der Waals surface area contributed by atoms with Gasteiger partial charge in [-0.05, 0) is 39.8 Å². The topological polar surface area (TPSA) is 135 Å². The van der Waals surface area contributed by atoms with Gasteiger partial charge in [-0.1, -0.05) is 0 Å². The number of aromatic nitrogens is 4. The van der Waals surface area contributed by atoms with E-state index in [0.29, 0.717) is 6.20 Å². The number of ether oxygens (including phenoxy) is 2. The smallest absolute Gasteiger partial charge is 0.388 e. The number of aliphatic hydroxyl groups is 3. The van der Waals surface area contributed by atoms with Gasteiger partial charge in [0, 0.05) is 17.8 Å². The third-order valence-corrected chi connectivity index (χ3v) is 6.61. The van der Waals surface area contributed by atoms with Crippen LogP contribution in [-0.4, -0.2) is 72.1 Å². The van der Waals surface area contributed by atoms with Gasteiger partial charge in [0.15, 0.2) is 12.1 Å². The molecule has 1 aromatic carbocycles. The maximum atomic E-state index is 15.3. The van der Waals surface area contributed by atoms with Crippen LogP contribution in [-0.2, 0) is 21.3 Å². The molecule has 10 nitrogen and oxygen atoms in total. The van der Waals surface area contributed by atoms with E-state index >= 15 is 4.39 Å². The number of alkyl halides is 3. The summed E-state index contributed by atoms with van der Waals surface area (Å²) in [6, 6.07) is 0.812. The summed E-state index contributed by atoms with van der Waals surface area (Å²) in [5.74, 6) is -1.07. The summed E-state index contributed by atoms with van der Waals surface area (Å²) in [6.45, 7) is 6.54. The number of hydrogen-bond acceptors (Lipinski definition) is 9. The third kappa shape index (κ3) is 4.49. The number of nitrogens with one attached hydrogen (secondary N) is 1. The molecule has 2 saturated heterocycles. The lowest BCUT2D eigenvalue weighted by Crippen LogP contribution is -2.57. The molecule has 3 aromatic rings. The molecule has 2 bridgehead atoms. The standard InChI is InChI=1S/C24H27F4N5O5/c1-9(2)33-13-6-10(5-12(25)16(13)30-21(33)23(3,4)36)15-11(24(26,27)28)7-29-22(31-15)32-17-18(34)14-8-37-20(38-14)19(17)35/h5-7,9,14,17-20,34-36H,8H2,1-4H3,(H,29,31,32)/t14-,17-,18+,19+,20-/m1/s1. The Bertz CT molecular complexity index is 1360. The van der Waals surface area contributed by atoms with E-state index in [1.54, 1.807) is 18.4 Å². The van der Waals surface area contributed by atoms with Gasteiger partial charge in [-0.25, -0.2) is 19.3 Å². The van der Waals surface area contributed by atoms with Gasteiger partial charge in [-0.3, -0.25) is 0 Å². The first-order chi connectivity index (χ1) is 17.7. The number of nitrogens with zero attached hydrogens (tertiary/aromatic N) is 4. The molecule has 0 amide bonds. The molecule has 0 aliphatic carbocycles. The van der Waals surface area contributed by atoms with Crippen molar-refractivity contribution in [1.29, 1.82) is 0 Å². The quantitative estimate of drug-likeness (QED) is 0.360. The molecule has 14 heteroatoms. The van der Waals surface area contributed by atoms with Crippen LogP contribution in [0.5, 0.6) is 0 Å². The maximum absolute atomic E-state index is 15.3. The van der Waals surface area contributed by atoms with Crippen molar-refractivity contribution in [2.45, 2.75) is 76.2 Å². The zero-order valence-electron chi connectivity index (χ0n) is 20.9. The maximum Gasteiger partial charge on any atom is 0.419 e. The van der Waals surface area contributed by atoms with Crippen LogP contribution < -0.4 is 5.32 Å². The van der Waals surface area contributed by atoms with E-state index in [9.17, 15) is 28.5 Å². The van der Waals surface area contributed by atoms with Crippen molar-refractivity contribution in [3.05, 3.63) is 35.5 Å². The second kappa shape index (κ2) is 9.09. The Morgan fingerprint density at radius 1 is 1.13 bits per heavy atom. The van der Waals surface area contributed by atoms with Gasteiger partial charge < -0.3 is 34.7 Å². The van der Waals surface area contributed by atoms with Crippen molar-refractivity contribution in [2.75, 3.05) is 11.9 Å². The van der Waals surface area contributed by atoms with Crippen molar-refractivity contribution in [2.24, 2.45) is 0 Å². The number of aliphatic hydroxyl groups excluding tert-OH is 2. The summed E-state index contributed by atoms with van der Waals surface area (Å²) < 4.78 is 69.4. The summed E-state index contributed by atoms with van der Waals surface area (Å²) in [5.41, 5.74) is -3.41. The molecule has 4 N–H and O–H groups in total. The second-order valence-corrected chi connectivity index (χ2v) is 10.3. The van der Waals surface area contributed by atoms with E-state index in [1.807, 2.05) is 0 Å². The first kappa shape index (κ1) is 26.7. The number of benzene rings is 1. The van der Waals surface area contributed by atoms with Crippen LogP contribution in [0.3, 0.4) is 0 Å². The summed E-state index contributed by atoms with van der Waals surface area (Å²) in [4.78, 5) is 12.0. The molecule has 5 atom stereocenters. The fourth-order valence-electron chi connectivity index (χ4n) is 4.84. The molecule has 5 rings (SSSR count). The Morgan fingerprint density at radius 3 is 2.47 bits per heavy atom. The Kier molecular flexibility index (Phi) is 6.38. The first-order valence-corrected chi connectivity index (χ1v) is 12.0. The van der Waals surface area contributed by atoms with Crippen LogP contribution in [0, 0.1) is 5.82 Å². The van der Waals surface area contributed by atoms with Crippen LogP contribution in [0.25, 0.3) is 22.3 Å². The highest BCUT2D eigenvalue weighted by molar-refractivity contribution is 5.84. The highest BCUT2D eigenvalue weighted by Gasteiger charge is 2.50. The zero-order chi connectivity index (χ0) is 27.7. The highest BCUT2D eigenvalue weighted by atomic mass is 19.4. The van der Waals surface area contributed by atoms with Crippen molar-refractivity contribution < 1.29 is 42.4 Å². The molecule has 0 spiro atoms. The van der Waals surface area contributed by atoms with E-state index in [-0.39, 0.29) is 41.0 Å². The molecule has 2 fully saturated rings. The number of halogens is 4. The molecule has 38 heavy (non-hydrogen) atoms. The van der Waals surface area contributed by atoms with E-state index < -0.39 is 59.5 Å². The zero-order valence-corrected chi connectivity index (χ0v) is 20.9. The van der Waals surface area contributed by atoms with Gasteiger partial charge in [0.2, 0.25) is 5.95 Å². The van der Waals surface area contributed by atoms with Crippen molar-refractivity contribution in [3.63, 3.8) is 0 Å². The molecule has 2 aromatic heterocycles. The van der Waals surface area contributed by atoms with Crippen LogP contribution in [0.2, 0.25) is 0 Å². The minimum atomic E-state index is -4.87. The molecule has 4 heterocycles. The van der Waals surface area contributed by atoms with E-state index in [0.717, 1.165) is 6.07 Å². The predicted octanol–water partition coefficient (Wildman–Crippen LogP) is 2.72. The summed E-state index contributed by atoms with van der Waals surface area (Å²) >= 11 is 0. The fraction of sp³-hybridized carbons (Fsp3) is 0.542. The average molecular weight is 542 g/mol. The lowest BCUT2D eigenvalue weighted by atomic mass is 9.98. The van der Waals surface area contributed by atoms with E-state index in [2.05, 4.69) is 20.3 Å². The first-order valence-electron chi connectivity index (χ1n) is 12.0. The van der Waals surface area contributed by atoms with Gasteiger partial charge >= 0.3 is 6.18 Å². The highest BCUT2D eigenvalue weighted by Crippen LogP contribution is 2.39. The van der Waals surface area contributed by atoms with Gasteiger partial charge in [0.1, 0.15) is 40.8 Å². The van der Waals surface area contributed by atoms with Gasteiger partial charge in [0.05, 0.1) is 23.9 Å². The molecule has 0 saturated carbocycles. The number of rotatable bonds is 5. The van der Waals surface area contributed by atoms with Crippen LogP contribution in [0.15, 0.2) is 18.3 Å². The second-order valence-electron chi connectivity index (χ2n) is 10.3. The monoisotopic (exact) mass is 541 g/mol. The van der Waals surface area contributed by atoms with Gasteiger partial charge in [0.25, 0.3) is 0 Å². The molecule has 2 aliphatic heterocycles. The minimum Gasteiger partial charge on any atom is -0.388 e. The molecule has 0 unspecified atom stereocenters. The fourth-order valence-corrected chi connectivity index (χ4v) is 4.84. The summed E-state index contributed by atoms with van der Waals surface area (Å²) in [7, 11) is 0. The van der Waals surface area contributed by atoms with Crippen LogP contribution >= 0.6 is 0 Å². The SMILES string of the molecule is CC(C)n1c(C(C)(C)O)nc2c(F)cc(-c3nc(N[C@H]4[C@H](O)[C@@H]5OC[C@@H](O5)[C@@H]4O)ncc3C(F)(F)F)cc21. The number of fused-ring (bicyclic) bond motifs is 3. The van der Waals surface area contributed by atoms with Crippen LogP contribution in [0.4, 0.5) is 23.5 Å². The molecular weight excluding hydrogens is 514 g/mol. The number of anilines is 1. The van der Waals surface area contributed by atoms with E-state index in [1.165, 1.54) is 19.9 Å². The summed E-state index contributed by atoms with van der Waals surface area (Å²) in [6.07, 6.45) is -8.70. The lowest BCUT2D eigenvalue weighted by molar-refractivity contribution is -0.186.